The number of alkyl halides is 3. The molecule has 0 saturated carbocycles. The molecule has 0 N–H and O–H groups in total. The van der Waals surface area contributed by atoms with Gasteiger partial charge < -0.3 is 9.64 Å². The van der Waals surface area contributed by atoms with E-state index in [1.807, 2.05) is 0 Å². The molecule has 32 heavy (non-hydrogen) atoms. The third-order valence-electron chi connectivity index (χ3n) is 5.30. The molecular formula is C24H20F4N2O2. The minimum Gasteiger partial charge on any atom is -0.368 e. The Labute approximate surface area is 182 Å². The summed E-state index contributed by atoms with van der Waals surface area (Å²) in [6.45, 7) is 0.914. The molecule has 166 valence electrons. The smallest absolute Gasteiger partial charge is 0.368 e. The predicted molar refractivity (Wildman–Crippen MR) is 109 cm³/mol. The van der Waals surface area contributed by atoms with Crippen LogP contribution in [0.15, 0.2) is 66.7 Å². The lowest BCUT2D eigenvalue weighted by Gasteiger charge is -2.33. The summed E-state index contributed by atoms with van der Waals surface area (Å²) in [5, 5.41) is 0. The first kappa shape index (κ1) is 22.0. The minimum atomic E-state index is -4.44. The SMILES string of the molecule is O=C(c1ccc(F)cc1)N1CCOC(c2cccc(Cc3ccccc3C(F)(F)F)n2)C1. The number of pyridine rings is 1. The zero-order valence-electron chi connectivity index (χ0n) is 17.0. The van der Waals surface area contributed by atoms with E-state index in [1.165, 1.54) is 36.4 Å². The Balaban J connectivity index is 1.51. The number of halogens is 4. The summed E-state index contributed by atoms with van der Waals surface area (Å²) < 4.78 is 58.8. The third kappa shape index (κ3) is 4.96. The summed E-state index contributed by atoms with van der Waals surface area (Å²) in [4.78, 5) is 18.9. The monoisotopic (exact) mass is 444 g/mol. The second-order valence-electron chi connectivity index (χ2n) is 7.50. The van der Waals surface area contributed by atoms with Crippen LogP contribution >= 0.6 is 0 Å². The van der Waals surface area contributed by atoms with Gasteiger partial charge in [-0.15, -0.1) is 0 Å². The molecule has 1 unspecified atom stereocenters. The van der Waals surface area contributed by atoms with Crippen molar-refractivity contribution < 1.29 is 27.1 Å². The largest absolute Gasteiger partial charge is 0.416 e. The summed E-state index contributed by atoms with van der Waals surface area (Å²) in [5.41, 5.74) is 0.852. The fourth-order valence-electron chi connectivity index (χ4n) is 3.71. The zero-order chi connectivity index (χ0) is 22.7. The lowest BCUT2D eigenvalue weighted by atomic mass is 10.0. The van der Waals surface area contributed by atoms with Crippen molar-refractivity contribution in [2.75, 3.05) is 19.7 Å². The fourth-order valence-corrected chi connectivity index (χ4v) is 3.71. The molecule has 1 aliphatic rings. The van der Waals surface area contributed by atoms with Crippen LogP contribution in [0, 0.1) is 5.82 Å². The molecule has 0 aliphatic carbocycles. The van der Waals surface area contributed by atoms with Crippen LogP contribution in [-0.2, 0) is 17.3 Å². The van der Waals surface area contributed by atoms with Gasteiger partial charge in [0.25, 0.3) is 5.91 Å². The maximum atomic E-state index is 13.3. The van der Waals surface area contributed by atoms with Crippen molar-refractivity contribution in [2.45, 2.75) is 18.7 Å². The van der Waals surface area contributed by atoms with Crippen molar-refractivity contribution in [3.05, 3.63) is 101 Å². The van der Waals surface area contributed by atoms with Gasteiger partial charge in [-0.3, -0.25) is 9.78 Å². The number of nitrogens with zero attached hydrogens (tertiary/aromatic N) is 2. The normalized spacial score (nSPS) is 16.8. The molecule has 1 aliphatic heterocycles. The van der Waals surface area contributed by atoms with E-state index in [1.54, 1.807) is 29.2 Å². The van der Waals surface area contributed by atoms with Gasteiger partial charge in [0.1, 0.15) is 11.9 Å². The Hall–Kier alpha value is -3.26. The number of ether oxygens (including phenoxy) is 1. The topological polar surface area (TPSA) is 42.4 Å². The summed E-state index contributed by atoms with van der Waals surface area (Å²) in [6.07, 6.45) is -4.93. The van der Waals surface area contributed by atoms with E-state index < -0.39 is 23.7 Å². The summed E-state index contributed by atoms with van der Waals surface area (Å²) >= 11 is 0. The van der Waals surface area contributed by atoms with Crippen LogP contribution in [0.3, 0.4) is 0 Å². The van der Waals surface area contributed by atoms with Crippen LogP contribution in [0.25, 0.3) is 0 Å². The van der Waals surface area contributed by atoms with Crippen molar-refractivity contribution in [1.82, 2.24) is 9.88 Å². The van der Waals surface area contributed by atoms with E-state index in [9.17, 15) is 22.4 Å². The average molecular weight is 444 g/mol. The highest BCUT2D eigenvalue weighted by Gasteiger charge is 2.33. The van der Waals surface area contributed by atoms with Gasteiger partial charge in [0.2, 0.25) is 0 Å². The Morgan fingerprint density at radius 3 is 2.53 bits per heavy atom. The second-order valence-corrected chi connectivity index (χ2v) is 7.50. The fraction of sp³-hybridized carbons (Fsp3) is 0.250. The molecule has 0 radical (unpaired) electrons. The summed E-state index contributed by atoms with van der Waals surface area (Å²) in [5.74, 6) is -0.664. The van der Waals surface area contributed by atoms with Crippen molar-refractivity contribution in [1.29, 1.82) is 0 Å². The lowest BCUT2D eigenvalue weighted by molar-refractivity contribution is -0.138. The maximum Gasteiger partial charge on any atom is 0.416 e. The van der Waals surface area contributed by atoms with E-state index in [-0.39, 0.29) is 24.4 Å². The number of morpholine rings is 1. The van der Waals surface area contributed by atoms with Crippen LogP contribution < -0.4 is 0 Å². The molecule has 1 aromatic heterocycles. The van der Waals surface area contributed by atoms with Gasteiger partial charge in [-0.25, -0.2) is 4.39 Å². The highest BCUT2D eigenvalue weighted by atomic mass is 19.4. The zero-order valence-corrected chi connectivity index (χ0v) is 17.0. The number of carbonyl (C=O) groups is 1. The van der Waals surface area contributed by atoms with E-state index in [0.29, 0.717) is 30.1 Å². The van der Waals surface area contributed by atoms with Gasteiger partial charge in [-0.2, -0.15) is 13.2 Å². The molecule has 3 aromatic rings. The molecule has 1 fully saturated rings. The Kier molecular flexibility index (Phi) is 6.23. The number of hydrogen-bond donors (Lipinski definition) is 0. The first-order valence-electron chi connectivity index (χ1n) is 10.1. The lowest BCUT2D eigenvalue weighted by Crippen LogP contribution is -2.42. The number of amides is 1. The molecule has 8 heteroatoms. The van der Waals surface area contributed by atoms with Crippen LogP contribution in [0.1, 0.15) is 39.0 Å². The van der Waals surface area contributed by atoms with E-state index in [2.05, 4.69) is 4.98 Å². The number of benzene rings is 2. The summed E-state index contributed by atoms with van der Waals surface area (Å²) in [6, 6.07) is 15.9. The second kappa shape index (κ2) is 9.08. The Bertz CT molecular complexity index is 1100. The molecule has 2 heterocycles. The van der Waals surface area contributed by atoms with Crippen LogP contribution in [0.4, 0.5) is 17.6 Å². The van der Waals surface area contributed by atoms with Crippen molar-refractivity contribution in [3.8, 4) is 0 Å². The maximum absolute atomic E-state index is 13.3. The molecule has 1 atom stereocenters. The van der Waals surface area contributed by atoms with Gasteiger partial charge >= 0.3 is 6.18 Å². The first-order valence-corrected chi connectivity index (χ1v) is 10.1. The minimum absolute atomic E-state index is 0.0223. The third-order valence-corrected chi connectivity index (χ3v) is 5.30. The molecule has 1 saturated heterocycles. The van der Waals surface area contributed by atoms with Gasteiger partial charge in [0.05, 0.1) is 24.4 Å². The molecule has 4 rings (SSSR count). The molecule has 0 spiro atoms. The highest BCUT2D eigenvalue weighted by Crippen LogP contribution is 2.33. The van der Waals surface area contributed by atoms with E-state index in [0.717, 1.165) is 6.07 Å². The Morgan fingerprint density at radius 1 is 1.03 bits per heavy atom. The van der Waals surface area contributed by atoms with Crippen molar-refractivity contribution in [3.63, 3.8) is 0 Å². The van der Waals surface area contributed by atoms with Crippen LogP contribution in [0.5, 0.6) is 0 Å². The predicted octanol–water partition coefficient (Wildman–Crippen LogP) is 5.04. The number of carbonyl (C=O) groups excluding carboxylic acids is 1. The average Bonchev–Trinajstić information content (AvgIpc) is 2.79. The number of rotatable bonds is 4. The Morgan fingerprint density at radius 2 is 1.78 bits per heavy atom. The standard InChI is InChI=1S/C24H20F4N2O2/c25-18-10-8-16(9-11-18)23(31)30-12-13-32-22(15-30)21-7-3-5-19(29-21)14-17-4-1-2-6-20(17)24(26,27)28/h1-11,22H,12-15H2. The van der Waals surface area contributed by atoms with Crippen molar-refractivity contribution in [2.24, 2.45) is 0 Å². The number of hydrogen-bond acceptors (Lipinski definition) is 3. The van der Waals surface area contributed by atoms with E-state index >= 15 is 0 Å². The molecule has 2 aromatic carbocycles. The van der Waals surface area contributed by atoms with Gasteiger partial charge in [0, 0.05) is 24.2 Å². The van der Waals surface area contributed by atoms with Crippen LogP contribution in [-0.4, -0.2) is 35.5 Å². The van der Waals surface area contributed by atoms with Gasteiger partial charge in [0.15, 0.2) is 0 Å². The van der Waals surface area contributed by atoms with E-state index in [4.69, 9.17) is 4.74 Å². The van der Waals surface area contributed by atoms with Crippen LogP contribution in [0.2, 0.25) is 0 Å². The molecule has 1 amide bonds. The quantitative estimate of drug-likeness (QED) is 0.530. The highest BCUT2D eigenvalue weighted by molar-refractivity contribution is 5.94. The molecule has 4 nitrogen and oxygen atoms in total. The molecule has 0 bridgehead atoms. The number of aromatic nitrogens is 1. The van der Waals surface area contributed by atoms with Gasteiger partial charge in [-0.05, 0) is 48.0 Å². The first-order chi connectivity index (χ1) is 15.3. The van der Waals surface area contributed by atoms with Crippen molar-refractivity contribution >= 4 is 5.91 Å². The van der Waals surface area contributed by atoms with Gasteiger partial charge in [-0.1, -0.05) is 24.3 Å². The molecular weight excluding hydrogens is 424 g/mol. The summed E-state index contributed by atoms with van der Waals surface area (Å²) in [7, 11) is 0.